The van der Waals surface area contributed by atoms with Crippen molar-refractivity contribution in [2.45, 2.75) is 13.1 Å². The van der Waals surface area contributed by atoms with E-state index in [1.807, 2.05) is 6.92 Å². The number of hydrogen-bond acceptors (Lipinski definition) is 2. The fourth-order valence-electron chi connectivity index (χ4n) is 1.63. The molecule has 0 spiro atoms. The second kappa shape index (κ2) is 5.85. The number of benzene rings is 1. The molecule has 0 aliphatic carbocycles. The number of alkyl halides is 3. The minimum absolute atomic E-state index is 0.0767. The zero-order valence-electron chi connectivity index (χ0n) is 10.8. The van der Waals surface area contributed by atoms with Gasteiger partial charge in [0.25, 0.3) is 5.91 Å². The quantitative estimate of drug-likeness (QED) is 0.862. The Morgan fingerprint density at radius 3 is 2.62 bits per heavy atom. The summed E-state index contributed by atoms with van der Waals surface area (Å²) in [4.78, 5) is 15.9. The fraction of sp³-hybridized carbons (Fsp3) is 0.143. The molecule has 0 radical (unpaired) electrons. The molecule has 0 bridgehead atoms. The minimum atomic E-state index is -4.48. The summed E-state index contributed by atoms with van der Waals surface area (Å²) in [5.41, 5.74) is -0.0911. The summed E-state index contributed by atoms with van der Waals surface area (Å²) < 4.78 is 38.6. The van der Waals surface area contributed by atoms with Gasteiger partial charge in [-0.05, 0) is 52.7 Å². The molecule has 2 rings (SSSR count). The Balaban J connectivity index is 2.22. The highest BCUT2D eigenvalue weighted by Gasteiger charge is 2.30. The van der Waals surface area contributed by atoms with Crippen LogP contribution in [0, 0.1) is 6.92 Å². The van der Waals surface area contributed by atoms with Crippen molar-refractivity contribution < 1.29 is 18.0 Å². The first kappa shape index (κ1) is 15.5. The van der Waals surface area contributed by atoms with Crippen LogP contribution < -0.4 is 5.32 Å². The highest BCUT2D eigenvalue weighted by Crippen LogP contribution is 2.29. The molecule has 0 saturated carbocycles. The first-order valence-electron chi connectivity index (χ1n) is 5.88. The minimum Gasteiger partial charge on any atom is -0.307 e. The average Bonchev–Trinajstić information content (AvgIpc) is 2.42. The summed E-state index contributed by atoms with van der Waals surface area (Å²) in [7, 11) is 0. The second-order valence-electron chi connectivity index (χ2n) is 4.35. The van der Waals surface area contributed by atoms with E-state index < -0.39 is 17.6 Å². The van der Waals surface area contributed by atoms with Gasteiger partial charge >= 0.3 is 6.18 Å². The van der Waals surface area contributed by atoms with E-state index in [0.717, 1.165) is 22.2 Å². The van der Waals surface area contributed by atoms with Crippen LogP contribution in [0.25, 0.3) is 0 Å². The topological polar surface area (TPSA) is 42.0 Å². The predicted molar refractivity (Wildman–Crippen MR) is 76.1 cm³/mol. The number of nitrogens with one attached hydrogen (secondary N) is 1. The number of pyridine rings is 1. The van der Waals surface area contributed by atoms with Crippen molar-refractivity contribution in [2.24, 2.45) is 0 Å². The van der Waals surface area contributed by atoms with Crippen molar-refractivity contribution in [3.05, 3.63) is 57.7 Å². The summed E-state index contributed by atoms with van der Waals surface area (Å²) in [6.07, 6.45) is -2.97. The lowest BCUT2D eigenvalue weighted by atomic mass is 10.1. The SMILES string of the molecule is Cc1cc(NC(=O)c2cccc(C(F)(F)F)c2)ncc1Br. The number of hydrogen-bond donors (Lipinski definition) is 1. The molecule has 1 amide bonds. The van der Waals surface area contributed by atoms with Crippen molar-refractivity contribution in [1.29, 1.82) is 0 Å². The van der Waals surface area contributed by atoms with Crippen LogP contribution in [0.3, 0.4) is 0 Å². The molecule has 0 aliphatic heterocycles. The normalized spacial score (nSPS) is 11.3. The average molecular weight is 359 g/mol. The van der Waals surface area contributed by atoms with Crippen LogP contribution in [-0.4, -0.2) is 10.9 Å². The van der Waals surface area contributed by atoms with Crippen molar-refractivity contribution in [1.82, 2.24) is 4.98 Å². The molecule has 21 heavy (non-hydrogen) atoms. The Labute approximate surface area is 127 Å². The number of aromatic nitrogens is 1. The molecule has 0 saturated heterocycles. The van der Waals surface area contributed by atoms with Crippen molar-refractivity contribution in [2.75, 3.05) is 5.32 Å². The molecule has 3 nitrogen and oxygen atoms in total. The van der Waals surface area contributed by atoms with E-state index in [-0.39, 0.29) is 11.4 Å². The van der Waals surface area contributed by atoms with E-state index >= 15 is 0 Å². The lowest BCUT2D eigenvalue weighted by Gasteiger charge is -2.09. The molecule has 1 N–H and O–H groups in total. The molecule has 1 aromatic carbocycles. The zero-order chi connectivity index (χ0) is 15.6. The number of aryl methyl sites for hydroxylation is 1. The summed E-state index contributed by atoms with van der Waals surface area (Å²) in [5.74, 6) is -0.367. The van der Waals surface area contributed by atoms with Crippen LogP contribution in [-0.2, 0) is 6.18 Å². The van der Waals surface area contributed by atoms with Crippen LogP contribution in [0.1, 0.15) is 21.5 Å². The molecule has 1 aromatic heterocycles. The summed E-state index contributed by atoms with van der Waals surface area (Å²) >= 11 is 3.27. The number of anilines is 1. The Kier molecular flexibility index (Phi) is 4.32. The molecular formula is C14H10BrF3N2O. The van der Waals surface area contributed by atoms with Gasteiger partial charge < -0.3 is 5.32 Å². The number of halogens is 4. The van der Waals surface area contributed by atoms with E-state index in [9.17, 15) is 18.0 Å². The number of carbonyl (C=O) groups is 1. The van der Waals surface area contributed by atoms with E-state index in [1.165, 1.54) is 18.3 Å². The molecule has 0 atom stereocenters. The maximum atomic E-state index is 12.6. The molecule has 0 fully saturated rings. The monoisotopic (exact) mass is 358 g/mol. The van der Waals surface area contributed by atoms with Crippen molar-refractivity contribution in [3.8, 4) is 0 Å². The lowest BCUT2D eigenvalue weighted by molar-refractivity contribution is -0.137. The van der Waals surface area contributed by atoms with Gasteiger partial charge in [-0.15, -0.1) is 0 Å². The zero-order valence-corrected chi connectivity index (χ0v) is 12.4. The Bertz CT molecular complexity index is 686. The number of amides is 1. The van der Waals surface area contributed by atoms with E-state index in [2.05, 4.69) is 26.2 Å². The lowest BCUT2D eigenvalue weighted by Crippen LogP contribution is -2.14. The fourth-order valence-corrected chi connectivity index (χ4v) is 1.85. The predicted octanol–water partition coefficient (Wildman–Crippen LogP) is 4.42. The Hall–Kier alpha value is -1.89. The molecule has 0 unspecified atom stereocenters. The molecule has 2 aromatic rings. The van der Waals surface area contributed by atoms with Gasteiger partial charge in [0.2, 0.25) is 0 Å². The summed E-state index contributed by atoms with van der Waals surface area (Å²) in [5, 5.41) is 2.47. The molecule has 7 heteroatoms. The number of rotatable bonds is 2. The highest BCUT2D eigenvalue weighted by molar-refractivity contribution is 9.10. The largest absolute Gasteiger partial charge is 0.416 e. The third-order valence-corrected chi connectivity index (χ3v) is 3.57. The van der Waals surface area contributed by atoms with Crippen molar-refractivity contribution >= 4 is 27.7 Å². The summed E-state index contributed by atoms with van der Waals surface area (Å²) in [6.45, 7) is 1.81. The van der Waals surface area contributed by atoms with Gasteiger partial charge in [-0.1, -0.05) is 6.07 Å². The van der Waals surface area contributed by atoms with Crippen LogP contribution >= 0.6 is 15.9 Å². The molecular weight excluding hydrogens is 349 g/mol. The van der Waals surface area contributed by atoms with E-state index in [1.54, 1.807) is 6.07 Å². The molecule has 1 heterocycles. The standard InChI is InChI=1S/C14H10BrF3N2O/c1-8-5-12(19-7-11(8)15)20-13(21)9-3-2-4-10(6-9)14(16,17)18/h2-7H,1H3,(H,19,20,21). The van der Waals surface area contributed by atoms with Gasteiger partial charge in [-0.2, -0.15) is 13.2 Å². The third-order valence-electron chi connectivity index (χ3n) is 2.74. The van der Waals surface area contributed by atoms with Gasteiger partial charge in [0, 0.05) is 16.2 Å². The summed E-state index contributed by atoms with van der Waals surface area (Å²) in [6, 6.07) is 5.85. The first-order valence-corrected chi connectivity index (χ1v) is 6.67. The second-order valence-corrected chi connectivity index (χ2v) is 5.21. The molecule has 0 aliphatic rings. The number of nitrogens with zero attached hydrogens (tertiary/aromatic N) is 1. The van der Waals surface area contributed by atoms with E-state index in [0.29, 0.717) is 0 Å². The van der Waals surface area contributed by atoms with Gasteiger partial charge in [0.05, 0.1) is 5.56 Å². The van der Waals surface area contributed by atoms with Crippen molar-refractivity contribution in [3.63, 3.8) is 0 Å². The van der Waals surface area contributed by atoms with Crippen LogP contribution in [0.4, 0.5) is 19.0 Å². The number of carbonyl (C=O) groups excluding carboxylic acids is 1. The van der Waals surface area contributed by atoms with Gasteiger partial charge in [0.1, 0.15) is 5.82 Å². The molecule has 110 valence electrons. The maximum absolute atomic E-state index is 12.6. The van der Waals surface area contributed by atoms with Gasteiger partial charge in [0.15, 0.2) is 0 Å². The van der Waals surface area contributed by atoms with Crippen LogP contribution in [0.5, 0.6) is 0 Å². The smallest absolute Gasteiger partial charge is 0.307 e. The van der Waals surface area contributed by atoms with E-state index in [4.69, 9.17) is 0 Å². The highest BCUT2D eigenvalue weighted by atomic mass is 79.9. The third kappa shape index (κ3) is 3.81. The van der Waals surface area contributed by atoms with Gasteiger partial charge in [-0.3, -0.25) is 4.79 Å². The first-order chi connectivity index (χ1) is 9.77. The van der Waals surface area contributed by atoms with Gasteiger partial charge in [-0.25, -0.2) is 4.98 Å². The maximum Gasteiger partial charge on any atom is 0.416 e. The Morgan fingerprint density at radius 1 is 1.29 bits per heavy atom. The Morgan fingerprint density at radius 2 is 2.00 bits per heavy atom. The van der Waals surface area contributed by atoms with Crippen LogP contribution in [0.15, 0.2) is 41.0 Å². The van der Waals surface area contributed by atoms with Crippen LogP contribution in [0.2, 0.25) is 0 Å².